The number of nitrogens with one attached hydrogen (secondary N) is 1. The lowest BCUT2D eigenvalue weighted by Gasteiger charge is -2.24. The van der Waals surface area contributed by atoms with Crippen molar-refractivity contribution in [3.8, 4) is 0 Å². The van der Waals surface area contributed by atoms with Gasteiger partial charge in [-0.25, -0.2) is 12.8 Å². The fraction of sp³-hybridized carbons (Fsp3) is 0.0500. The Labute approximate surface area is 171 Å². The van der Waals surface area contributed by atoms with Crippen molar-refractivity contribution in [3.05, 3.63) is 94.8 Å². The molecule has 0 heterocycles. The van der Waals surface area contributed by atoms with Gasteiger partial charge in [0.2, 0.25) is 5.91 Å². The summed E-state index contributed by atoms with van der Waals surface area (Å²) >= 11 is 0. The number of benzene rings is 3. The van der Waals surface area contributed by atoms with Gasteiger partial charge in [-0.05, 0) is 36.4 Å². The van der Waals surface area contributed by atoms with E-state index in [1.165, 1.54) is 54.6 Å². The minimum absolute atomic E-state index is 0.0492. The molecule has 0 aliphatic rings. The number of nitro benzene ring substituents is 1. The fourth-order valence-corrected chi connectivity index (χ4v) is 4.10. The molecule has 0 aliphatic heterocycles. The number of anilines is 2. The second-order valence-corrected chi connectivity index (χ2v) is 7.99. The van der Waals surface area contributed by atoms with Crippen molar-refractivity contribution in [2.75, 3.05) is 16.2 Å². The number of carbonyl (C=O) groups excluding carboxylic acids is 1. The van der Waals surface area contributed by atoms with Gasteiger partial charge in [0, 0.05) is 12.1 Å². The van der Waals surface area contributed by atoms with Crippen LogP contribution in [0.15, 0.2) is 83.8 Å². The second kappa shape index (κ2) is 8.70. The molecule has 3 aromatic rings. The topological polar surface area (TPSA) is 110 Å². The Hall–Kier alpha value is -3.79. The van der Waals surface area contributed by atoms with Crippen molar-refractivity contribution in [1.29, 1.82) is 0 Å². The van der Waals surface area contributed by atoms with Gasteiger partial charge in [-0.15, -0.1) is 0 Å². The Balaban J connectivity index is 1.96. The first kappa shape index (κ1) is 20.9. The van der Waals surface area contributed by atoms with Crippen LogP contribution in [0.2, 0.25) is 0 Å². The maximum Gasteiger partial charge on any atom is 0.269 e. The molecule has 0 spiro atoms. The van der Waals surface area contributed by atoms with Crippen LogP contribution in [0.5, 0.6) is 0 Å². The molecule has 0 aromatic heterocycles. The predicted molar refractivity (Wildman–Crippen MR) is 109 cm³/mol. The van der Waals surface area contributed by atoms with Crippen LogP contribution in [-0.2, 0) is 14.8 Å². The van der Waals surface area contributed by atoms with Gasteiger partial charge in [-0.1, -0.05) is 30.3 Å². The number of nitrogens with zero attached hydrogens (tertiary/aromatic N) is 2. The number of halogens is 1. The van der Waals surface area contributed by atoms with Crippen LogP contribution in [-0.4, -0.2) is 25.8 Å². The normalized spacial score (nSPS) is 11.0. The molecule has 154 valence electrons. The molecule has 3 rings (SSSR count). The van der Waals surface area contributed by atoms with Crippen LogP contribution < -0.4 is 9.62 Å². The van der Waals surface area contributed by atoms with E-state index in [1.54, 1.807) is 6.07 Å². The van der Waals surface area contributed by atoms with Gasteiger partial charge in [0.15, 0.2) is 0 Å². The van der Waals surface area contributed by atoms with Crippen molar-refractivity contribution in [1.82, 2.24) is 0 Å². The first-order chi connectivity index (χ1) is 14.3. The molecule has 3 aromatic carbocycles. The number of sulfonamides is 1. The van der Waals surface area contributed by atoms with E-state index in [1.807, 2.05) is 0 Å². The van der Waals surface area contributed by atoms with E-state index in [-0.39, 0.29) is 22.0 Å². The van der Waals surface area contributed by atoms with E-state index < -0.39 is 33.2 Å². The average Bonchev–Trinajstić information content (AvgIpc) is 2.74. The van der Waals surface area contributed by atoms with E-state index in [2.05, 4.69) is 5.32 Å². The van der Waals surface area contributed by atoms with Crippen molar-refractivity contribution < 1.29 is 22.5 Å². The molecule has 8 nitrogen and oxygen atoms in total. The van der Waals surface area contributed by atoms with Crippen LogP contribution >= 0.6 is 0 Å². The lowest BCUT2D eigenvalue weighted by atomic mass is 10.3. The Morgan fingerprint density at radius 3 is 2.17 bits per heavy atom. The van der Waals surface area contributed by atoms with Gasteiger partial charge in [0.1, 0.15) is 12.4 Å². The number of hydrogen-bond donors (Lipinski definition) is 1. The molecule has 0 radical (unpaired) electrons. The SMILES string of the molecule is O=C(CN(c1ccc([N+](=O)[O-])cc1)S(=O)(=O)c1ccccc1)Nc1ccccc1F. The molecule has 0 unspecified atom stereocenters. The van der Waals surface area contributed by atoms with Crippen LogP contribution in [0.25, 0.3) is 0 Å². The summed E-state index contributed by atoms with van der Waals surface area (Å²) in [6.45, 7) is -0.663. The molecular weight excluding hydrogens is 413 g/mol. The van der Waals surface area contributed by atoms with Gasteiger partial charge in [-0.2, -0.15) is 0 Å². The van der Waals surface area contributed by atoms with E-state index in [0.29, 0.717) is 0 Å². The number of nitro groups is 1. The van der Waals surface area contributed by atoms with Gasteiger partial charge in [0.25, 0.3) is 15.7 Å². The van der Waals surface area contributed by atoms with Gasteiger partial charge < -0.3 is 5.32 Å². The van der Waals surface area contributed by atoms with Crippen LogP contribution in [0.1, 0.15) is 0 Å². The van der Waals surface area contributed by atoms with Gasteiger partial charge in [-0.3, -0.25) is 19.2 Å². The number of carbonyl (C=O) groups is 1. The van der Waals surface area contributed by atoms with E-state index >= 15 is 0 Å². The lowest BCUT2D eigenvalue weighted by Crippen LogP contribution is -2.38. The highest BCUT2D eigenvalue weighted by atomic mass is 32.2. The van der Waals surface area contributed by atoms with Crippen LogP contribution in [0, 0.1) is 15.9 Å². The summed E-state index contributed by atoms with van der Waals surface area (Å²) < 4.78 is 40.9. The Morgan fingerprint density at radius 1 is 0.967 bits per heavy atom. The summed E-state index contributed by atoms with van der Waals surface area (Å²) in [5, 5.41) is 13.2. The third-order valence-corrected chi connectivity index (χ3v) is 5.90. The van der Waals surface area contributed by atoms with Crippen molar-refractivity contribution in [2.24, 2.45) is 0 Å². The monoisotopic (exact) mass is 429 g/mol. The molecule has 0 saturated heterocycles. The Kier molecular flexibility index (Phi) is 6.07. The maximum atomic E-state index is 13.8. The molecule has 30 heavy (non-hydrogen) atoms. The maximum absolute atomic E-state index is 13.8. The Morgan fingerprint density at radius 2 is 1.57 bits per heavy atom. The summed E-state index contributed by atoms with van der Waals surface area (Å²) in [6, 6.07) is 17.6. The lowest BCUT2D eigenvalue weighted by molar-refractivity contribution is -0.384. The summed E-state index contributed by atoms with van der Waals surface area (Å²) in [4.78, 5) is 22.7. The molecule has 0 bridgehead atoms. The first-order valence-corrected chi connectivity index (χ1v) is 10.1. The van der Waals surface area contributed by atoms with E-state index in [0.717, 1.165) is 22.5 Å². The number of non-ortho nitro benzene ring substituents is 1. The molecule has 0 fully saturated rings. The van der Waals surface area contributed by atoms with Gasteiger partial charge in [0.05, 0.1) is 21.2 Å². The summed E-state index contributed by atoms with van der Waals surface area (Å²) in [7, 11) is -4.18. The molecule has 1 amide bonds. The summed E-state index contributed by atoms with van der Waals surface area (Å²) in [6.07, 6.45) is 0. The van der Waals surface area contributed by atoms with E-state index in [9.17, 15) is 27.7 Å². The fourth-order valence-electron chi connectivity index (χ4n) is 2.66. The Bertz CT molecular complexity index is 1170. The largest absolute Gasteiger partial charge is 0.322 e. The third kappa shape index (κ3) is 4.61. The molecule has 0 atom stereocenters. The van der Waals surface area contributed by atoms with Crippen molar-refractivity contribution in [3.63, 3.8) is 0 Å². The molecule has 10 heteroatoms. The third-order valence-electron chi connectivity index (χ3n) is 4.11. The first-order valence-electron chi connectivity index (χ1n) is 8.65. The molecule has 0 aliphatic carbocycles. The number of rotatable bonds is 7. The molecular formula is C20H16FN3O5S. The summed E-state index contributed by atoms with van der Waals surface area (Å²) in [5.41, 5.74) is -0.275. The highest BCUT2D eigenvalue weighted by Crippen LogP contribution is 2.26. The minimum Gasteiger partial charge on any atom is -0.322 e. The standard InChI is InChI=1S/C20H16FN3O5S/c21-18-8-4-5-9-19(18)22-20(25)14-23(15-10-12-16(13-11-15)24(26)27)30(28,29)17-6-2-1-3-7-17/h1-13H,14H2,(H,22,25). The van der Waals surface area contributed by atoms with E-state index in [4.69, 9.17) is 0 Å². The highest BCUT2D eigenvalue weighted by Gasteiger charge is 2.27. The van der Waals surface area contributed by atoms with Crippen LogP contribution in [0.3, 0.4) is 0 Å². The predicted octanol–water partition coefficient (Wildman–Crippen LogP) is 3.57. The van der Waals surface area contributed by atoms with Crippen molar-refractivity contribution in [2.45, 2.75) is 4.90 Å². The van der Waals surface area contributed by atoms with Crippen molar-refractivity contribution >= 4 is 33.0 Å². The zero-order valence-corrected chi connectivity index (χ0v) is 16.3. The summed E-state index contributed by atoms with van der Waals surface area (Å²) in [5.74, 6) is -1.45. The number of hydrogen-bond acceptors (Lipinski definition) is 5. The average molecular weight is 429 g/mol. The number of amides is 1. The molecule has 0 saturated carbocycles. The molecule has 1 N–H and O–H groups in total. The minimum atomic E-state index is -4.18. The van der Waals surface area contributed by atoms with Gasteiger partial charge >= 0.3 is 0 Å². The second-order valence-electron chi connectivity index (χ2n) is 6.13. The zero-order chi connectivity index (χ0) is 21.7. The highest BCUT2D eigenvalue weighted by molar-refractivity contribution is 7.92. The smallest absolute Gasteiger partial charge is 0.269 e. The zero-order valence-electron chi connectivity index (χ0n) is 15.4. The quantitative estimate of drug-likeness (QED) is 0.456. The number of para-hydroxylation sites is 1. The van der Waals surface area contributed by atoms with Crippen LogP contribution in [0.4, 0.5) is 21.5 Å².